The molecule has 0 radical (unpaired) electrons. The van der Waals surface area contributed by atoms with E-state index in [1.165, 1.54) is 30.8 Å². The fourth-order valence-electron chi connectivity index (χ4n) is 3.38. The molecule has 0 N–H and O–H groups in total. The lowest BCUT2D eigenvalue weighted by molar-refractivity contribution is -0.665. The van der Waals surface area contributed by atoms with E-state index in [0.717, 1.165) is 18.8 Å². The SMILES string of the molecule is CCN1/C(=C/C(=C/c2sc3ccccc3[n+]2CC)OC)Sc2ccccc21.CS(=O)(=O)O[O-]. The van der Waals surface area contributed by atoms with Crippen LogP contribution in [0.15, 0.2) is 70.3 Å². The first-order chi connectivity index (χ1) is 15.8. The van der Waals surface area contributed by atoms with Crippen LogP contribution < -0.4 is 14.7 Å². The largest absolute Gasteiger partial charge is 0.707 e. The summed E-state index contributed by atoms with van der Waals surface area (Å²) in [7, 11) is -1.97. The van der Waals surface area contributed by atoms with Crippen LogP contribution in [0.3, 0.4) is 0 Å². The van der Waals surface area contributed by atoms with E-state index in [9.17, 15) is 8.42 Å². The second-order valence-electron chi connectivity index (χ2n) is 6.97. The molecule has 4 rings (SSSR count). The Balaban J connectivity index is 0.000000454. The van der Waals surface area contributed by atoms with E-state index in [1.807, 2.05) is 0 Å². The maximum Gasteiger partial charge on any atom is 0.266 e. The summed E-state index contributed by atoms with van der Waals surface area (Å²) in [5, 5.41) is 11.3. The van der Waals surface area contributed by atoms with Crippen molar-refractivity contribution in [1.82, 2.24) is 0 Å². The van der Waals surface area contributed by atoms with Gasteiger partial charge in [0.15, 0.2) is 0 Å². The van der Waals surface area contributed by atoms with Gasteiger partial charge in [-0.2, -0.15) is 4.57 Å². The monoisotopic (exact) mass is 506 g/mol. The van der Waals surface area contributed by atoms with Crippen LogP contribution in [0.5, 0.6) is 0 Å². The van der Waals surface area contributed by atoms with E-state index in [-0.39, 0.29) is 0 Å². The number of nitrogens with zero attached hydrogens (tertiary/aromatic N) is 2. The van der Waals surface area contributed by atoms with Crippen LogP contribution in [0, 0.1) is 0 Å². The number of hydrogen-bond donors (Lipinski definition) is 0. The smallest absolute Gasteiger partial charge is 0.266 e. The zero-order valence-electron chi connectivity index (χ0n) is 18.8. The highest BCUT2D eigenvalue weighted by Crippen LogP contribution is 2.46. The van der Waals surface area contributed by atoms with Gasteiger partial charge in [-0.25, -0.2) is 8.42 Å². The van der Waals surface area contributed by atoms with E-state index in [1.54, 1.807) is 30.2 Å². The third-order valence-corrected chi connectivity index (χ3v) is 7.27. The van der Waals surface area contributed by atoms with Crippen molar-refractivity contribution in [2.24, 2.45) is 0 Å². The Morgan fingerprint density at radius 1 is 1.15 bits per heavy atom. The molecule has 0 spiro atoms. The molecule has 2 heterocycles. The minimum absolute atomic E-state index is 0.681. The minimum Gasteiger partial charge on any atom is -0.707 e. The number of ether oxygens (including phenoxy) is 1. The second kappa shape index (κ2) is 11.2. The van der Waals surface area contributed by atoms with Gasteiger partial charge in [0.2, 0.25) is 5.52 Å². The highest BCUT2D eigenvalue weighted by Gasteiger charge is 2.24. The van der Waals surface area contributed by atoms with Crippen LogP contribution in [0.25, 0.3) is 16.3 Å². The second-order valence-corrected chi connectivity index (χ2v) is 10.6. The van der Waals surface area contributed by atoms with Gasteiger partial charge in [-0.15, -0.1) is 0 Å². The highest BCUT2D eigenvalue weighted by molar-refractivity contribution is 8.03. The van der Waals surface area contributed by atoms with Crippen LogP contribution in [-0.4, -0.2) is 28.3 Å². The molecule has 0 bridgehead atoms. The number of hydrogen-bond acceptors (Lipinski definition) is 8. The number of thiazole rings is 1. The Hall–Kier alpha value is -2.37. The molecule has 176 valence electrons. The van der Waals surface area contributed by atoms with Crippen LogP contribution in [0.2, 0.25) is 0 Å². The van der Waals surface area contributed by atoms with Gasteiger partial charge in [0.05, 0.1) is 30.2 Å². The zero-order valence-corrected chi connectivity index (χ0v) is 21.3. The first kappa shape index (κ1) is 25.3. The van der Waals surface area contributed by atoms with Gasteiger partial charge in [0.25, 0.3) is 15.1 Å². The number of methoxy groups -OCH3 is 1. The van der Waals surface area contributed by atoms with Crippen molar-refractivity contribution in [3.05, 3.63) is 70.4 Å². The number of para-hydroxylation sites is 2. The normalized spacial score (nSPS) is 14.9. The summed E-state index contributed by atoms with van der Waals surface area (Å²) in [4.78, 5) is 3.64. The van der Waals surface area contributed by atoms with Crippen molar-refractivity contribution in [1.29, 1.82) is 0 Å². The Morgan fingerprint density at radius 3 is 2.45 bits per heavy atom. The van der Waals surface area contributed by atoms with Gasteiger partial charge in [0, 0.05) is 23.6 Å². The summed E-state index contributed by atoms with van der Waals surface area (Å²) in [6.07, 6.45) is 4.98. The molecule has 0 saturated carbocycles. The average molecular weight is 507 g/mol. The van der Waals surface area contributed by atoms with Gasteiger partial charge in [-0.1, -0.05) is 47.4 Å². The quantitative estimate of drug-likeness (QED) is 0.217. The summed E-state index contributed by atoms with van der Waals surface area (Å²) >= 11 is 3.60. The Morgan fingerprint density at radius 2 is 1.82 bits per heavy atom. The minimum atomic E-state index is -3.72. The van der Waals surface area contributed by atoms with Crippen LogP contribution in [0.1, 0.15) is 18.9 Å². The zero-order chi connectivity index (χ0) is 24.0. The topological polar surface area (TPSA) is 82.8 Å². The molecular weight excluding hydrogens is 480 g/mol. The summed E-state index contributed by atoms with van der Waals surface area (Å²) in [5.41, 5.74) is 2.55. The van der Waals surface area contributed by atoms with Crippen LogP contribution in [-0.2, 0) is 25.7 Å². The number of aryl methyl sites for hydroxylation is 1. The molecule has 3 aromatic rings. The number of fused-ring (bicyclic) bond motifs is 2. The molecule has 0 saturated heterocycles. The molecule has 10 heteroatoms. The lowest BCUT2D eigenvalue weighted by Crippen LogP contribution is -2.33. The molecule has 0 amide bonds. The third kappa shape index (κ3) is 6.15. The number of aromatic nitrogens is 1. The van der Waals surface area contributed by atoms with Gasteiger partial charge in [-0.3, -0.25) is 0 Å². The van der Waals surface area contributed by atoms with Crippen molar-refractivity contribution < 1.29 is 27.3 Å². The standard InChI is InChI=1S/C22H23N2OS2.CH4O4S/c1-4-23-17-10-6-8-12-19(17)26-21(23)14-16(25-3)15-22-24(5-2)18-11-7-9-13-20(18)27-22;1-6(3,4)5-2/h6-15H,4-5H2,1-3H3;2H,1H3/q+1;/p-1. The molecular formula is C23H26N2O5S3. The van der Waals surface area contributed by atoms with E-state index in [2.05, 4.69) is 88.3 Å². The lowest BCUT2D eigenvalue weighted by atomic mass is 10.3. The molecule has 2 aromatic carbocycles. The Kier molecular flexibility index (Phi) is 8.55. The lowest BCUT2D eigenvalue weighted by Gasteiger charge is -2.18. The number of anilines is 1. The van der Waals surface area contributed by atoms with Crippen molar-refractivity contribution in [3.8, 4) is 0 Å². The highest BCUT2D eigenvalue weighted by atomic mass is 32.2. The van der Waals surface area contributed by atoms with Gasteiger partial charge >= 0.3 is 0 Å². The first-order valence-electron chi connectivity index (χ1n) is 10.3. The van der Waals surface area contributed by atoms with E-state index in [0.29, 0.717) is 6.26 Å². The summed E-state index contributed by atoms with van der Waals surface area (Å²) in [6.45, 7) is 6.24. The predicted octanol–water partition coefficient (Wildman–Crippen LogP) is 3.91. The van der Waals surface area contributed by atoms with Crippen molar-refractivity contribution in [2.75, 3.05) is 24.8 Å². The Bertz CT molecular complexity index is 1280. The third-order valence-electron chi connectivity index (χ3n) is 4.80. The van der Waals surface area contributed by atoms with E-state index < -0.39 is 10.1 Å². The molecule has 0 atom stereocenters. The first-order valence-corrected chi connectivity index (χ1v) is 13.7. The van der Waals surface area contributed by atoms with Crippen molar-refractivity contribution in [2.45, 2.75) is 25.3 Å². The number of thioether (sulfide) groups is 1. The number of allylic oxidation sites excluding steroid dienone is 1. The molecule has 1 aromatic heterocycles. The summed E-state index contributed by atoms with van der Waals surface area (Å²) in [6, 6.07) is 17.1. The molecule has 33 heavy (non-hydrogen) atoms. The maximum absolute atomic E-state index is 9.47. The maximum atomic E-state index is 9.47. The predicted molar refractivity (Wildman–Crippen MR) is 132 cm³/mol. The molecule has 0 aliphatic carbocycles. The summed E-state index contributed by atoms with van der Waals surface area (Å²) < 4.78 is 31.0. The van der Waals surface area contributed by atoms with Crippen LogP contribution in [0.4, 0.5) is 5.69 Å². The van der Waals surface area contributed by atoms with Crippen molar-refractivity contribution >= 4 is 55.2 Å². The molecule has 7 nitrogen and oxygen atoms in total. The van der Waals surface area contributed by atoms with E-state index >= 15 is 0 Å². The van der Waals surface area contributed by atoms with Crippen molar-refractivity contribution in [3.63, 3.8) is 0 Å². The fraction of sp³-hybridized carbons (Fsp3) is 0.261. The molecule has 1 aliphatic rings. The molecule has 1 aliphatic heterocycles. The average Bonchev–Trinajstić information content (AvgIpc) is 3.35. The van der Waals surface area contributed by atoms with Gasteiger partial charge in [0.1, 0.15) is 17.0 Å². The van der Waals surface area contributed by atoms with Gasteiger partial charge < -0.3 is 19.2 Å². The fourth-order valence-corrected chi connectivity index (χ4v) is 5.71. The molecule has 0 unspecified atom stereocenters. The molecule has 0 fully saturated rings. The Labute approximate surface area is 202 Å². The van der Waals surface area contributed by atoms with Crippen LogP contribution >= 0.6 is 23.1 Å². The summed E-state index contributed by atoms with van der Waals surface area (Å²) in [5.74, 6) is 0.873. The number of benzene rings is 2. The number of rotatable bonds is 6. The van der Waals surface area contributed by atoms with Gasteiger partial charge in [-0.05, 0) is 32.0 Å². The van der Waals surface area contributed by atoms with E-state index in [4.69, 9.17) is 9.99 Å².